The third-order valence-electron chi connectivity index (χ3n) is 5.15. The summed E-state index contributed by atoms with van der Waals surface area (Å²) < 4.78 is 5.60. The number of aliphatic hydroxyl groups is 1. The van der Waals surface area contributed by atoms with E-state index >= 15 is 0 Å². The van der Waals surface area contributed by atoms with Crippen molar-refractivity contribution in [3.05, 3.63) is 46.6 Å². The lowest BCUT2D eigenvalue weighted by Gasteiger charge is -2.17. The number of carbonyl (C=O) groups is 1. The molecule has 0 aromatic heterocycles. The van der Waals surface area contributed by atoms with Crippen molar-refractivity contribution in [1.82, 2.24) is 0 Å². The number of aliphatic hydroxyl groups excluding tert-OH is 1. The maximum Gasteiger partial charge on any atom is 0.190 e. The van der Waals surface area contributed by atoms with Gasteiger partial charge in [-0.15, -0.1) is 0 Å². The maximum absolute atomic E-state index is 12.2. The summed E-state index contributed by atoms with van der Waals surface area (Å²) in [5, 5.41) is 10.1. The number of rotatable bonds is 8. The zero-order chi connectivity index (χ0) is 18.6. The van der Waals surface area contributed by atoms with Crippen molar-refractivity contribution in [3.8, 4) is 0 Å². The fourth-order valence-electron chi connectivity index (χ4n) is 3.29. The number of carbonyl (C=O) groups excluding carboxylic acids is 1. The van der Waals surface area contributed by atoms with Crippen molar-refractivity contribution in [3.63, 3.8) is 0 Å². The van der Waals surface area contributed by atoms with E-state index in [0.717, 1.165) is 25.7 Å². The molecule has 2 aliphatic rings. The number of ether oxygens (including phenoxy) is 1. The summed E-state index contributed by atoms with van der Waals surface area (Å²) in [6, 6.07) is 0. The van der Waals surface area contributed by atoms with Crippen LogP contribution in [0.1, 0.15) is 66.7 Å². The second-order valence-corrected chi connectivity index (χ2v) is 7.79. The van der Waals surface area contributed by atoms with Crippen LogP contribution in [0.2, 0.25) is 0 Å². The van der Waals surface area contributed by atoms with E-state index in [1.807, 2.05) is 0 Å². The van der Waals surface area contributed by atoms with Gasteiger partial charge in [0.15, 0.2) is 11.4 Å². The highest BCUT2D eigenvalue weighted by Crippen LogP contribution is 2.48. The molecule has 0 spiro atoms. The SMILES string of the molecule is CC(C)=CCC/C(C)=C/CC/C(C)=C/C[C@]12O[C@H]1[C@H](O)C(C)=CC2=O. The van der Waals surface area contributed by atoms with Gasteiger partial charge in [-0.3, -0.25) is 4.79 Å². The van der Waals surface area contributed by atoms with E-state index in [0.29, 0.717) is 12.0 Å². The van der Waals surface area contributed by atoms with Crippen LogP contribution in [0.15, 0.2) is 46.6 Å². The standard InChI is InChI=1S/C22H32O3/c1-15(2)8-6-9-16(3)10-7-11-17(4)12-13-22-19(23)14-18(5)20(24)21(22)25-22/h8,10,12,14,20-21,24H,6-7,9,11,13H2,1-5H3/b16-10+,17-12+/t20-,21+,22-/m1/s1. The number of hydrogen-bond acceptors (Lipinski definition) is 3. The Hall–Kier alpha value is -1.45. The van der Waals surface area contributed by atoms with Crippen molar-refractivity contribution in [2.24, 2.45) is 0 Å². The van der Waals surface area contributed by atoms with Gasteiger partial charge in [0.25, 0.3) is 0 Å². The second-order valence-electron chi connectivity index (χ2n) is 7.79. The van der Waals surface area contributed by atoms with Gasteiger partial charge in [0.05, 0.1) is 0 Å². The van der Waals surface area contributed by atoms with Gasteiger partial charge in [-0.25, -0.2) is 0 Å². The fraction of sp³-hybridized carbons (Fsp3) is 0.591. The Bertz CT molecular complexity index is 632. The molecule has 2 rings (SSSR count). The molecule has 1 aliphatic heterocycles. The van der Waals surface area contributed by atoms with Gasteiger partial charge in [-0.05, 0) is 72.0 Å². The van der Waals surface area contributed by atoms with E-state index in [9.17, 15) is 9.90 Å². The number of epoxide rings is 1. The van der Waals surface area contributed by atoms with Crippen LogP contribution in [0.4, 0.5) is 0 Å². The van der Waals surface area contributed by atoms with E-state index in [1.165, 1.54) is 22.8 Å². The number of allylic oxidation sites excluding steroid dienone is 5. The molecule has 1 N–H and O–H groups in total. The minimum atomic E-state index is -0.795. The lowest BCUT2D eigenvalue weighted by atomic mass is 9.84. The van der Waals surface area contributed by atoms with Crippen molar-refractivity contribution in [2.45, 2.75) is 84.5 Å². The average Bonchev–Trinajstić information content (AvgIpc) is 3.27. The predicted octanol–water partition coefficient (Wildman–Crippen LogP) is 4.82. The first kappa shape index (κ1) is 19.9. The zero-order valence-corrected chi connectivity index (χ0v) is 16.3. The Morgan fingerprint density at radius 3 is 2.36 bits per heavy atom. The van der Waals surface area contributed by atoms with Crippen molar-refractivity contribution in [2.75, 3.05) is 0 Å². The minimum Gasteiger partial charge on any atom is -0.386 e. The maximum atomic E-state index is 12.2. The summed E-state index contributed by atoms with van der Waals surface area (Å²) in [4.78, 5) is 12.2. The van der Waals surface area contributed by atoms with Gasteiger partial charge >= 0.3 is 0 Å². The van der Waals surface area contributed by atoms with Crippen molar-refractivity contribution >= 4 is 5.78 Å². The van der Waals surface area contributed by atoms with Crippen LogP contribution in [-0.4, -0.2) is 28.7 Å². The van der Waals surface area contributed by atoms with Crippen LogP contribution in [0.5, 0.6) is 0 Å². The van der Waals surface area contributed by atoms with Gasteiger partial charge in [0.2, 0.25) is 0 Å². The van der Waals surface area contributed by atoms with E-state index in [-0.39, 0.29) is 11.9 Å². The monoisotopic (exact) mass is 344 g/mol. The molecule has 0 aromatic rings. The van der Waals surface area contributed by atoms with Crippen LogP contribution < -0.4 is 0 Å². The molecule has 1 saturated heterocycles. The van der Waals surface area contributed by atoms with Gasteiger partial charge in [0.1, 0.15) is 12.2 Å². The van der Waals surface area contributed by atoms with Crippen molar-refractivity contribution in [1.29, 1.82) is 0 Å². The lowest BCUT2D eigenvalue weighted by molar-refractivity contribution is -0.119. The quantitative estimate of drug-likeness (QED) is 0.507. The molecule has 0 saturated carbocycles. The van der Waals surface area contributed by atoms with E-state index < -0.39 is 11.7 Å². The first-order valence-corrected chi connectivity index (χ1v) is 9.29. The summed E-state index contributed by atoms with van der Waals surface area (Å²) in [5.74, 6) is -0.000590. The Morgan fingerprint density at radius 1 is 1.12 bits per heavy atom. The highest BCUT2D eigenvalue weighted by Gasteiger charge is 2.65. The molecule has 1 heterocycles. The van der Waals surface area contributed by atoms with Crippen LogP contribution in [0.25, 0.3) is 0 Å². The molecule has 3 atom stereocenters. The van der Waals surface area contributed by atoms with Crippen LogP contribution in [-0.2, 0) is 9.53 Å². The van der Waals surface area contributed by atoms with Crippen LogP contribution in [0.3, 0.4) is 0 Å². The van der Waals surface area contributed by atoms with Crippen LogP contribution in [0, 0.1) is 0 Å². The topological polar surface area (TPSA) is 49.8 Å². The zero-order valence-electron chi connectivity index (χ0n) is 16.3. The van der Waals surface area contributed by atoms with Gasteiger partial charge in [0, 0.05) is 6.42 Å². The predicted molar refractivity (Wildman–Crippen MR) is 102 cm³/mol. The molecule has 0 aromatic carbocycles. The molecule has 0 radical (unpaired) electrons. The second kappa shape index (κ2) is 8.29. The molecular formula is C22H32O3. The first-order valence-electron chi connectivity index (χ1n) is 9.29. The molecule has 0 bridgehead atoms. The summed E-state index contributed by atoms with van der Waals surface area (Å²) in [7, 11) is 0. The van der Waals surface area contributed by atoms with Crippen molar-refractivity contribution < 1.29 is 14.6 Å². The Balaban J connectivity index is 1.80. The van der Waals surface area contributed by atoms with Gasteiger partial charge < -0.3 is 9.84 Å². The molecule has 25 heavy (non-hydrogen) atoms. The summed E-state index contributed by atoms with van der Waals surface area (Å²) >= 11 is 0. The third kappa shape index (κ3) is 5.02. The number of fused-ring (bicyclic) bond motifs is 1. The lowest BCUT2D eigenvalue weighted by Crippen LogP contribution is -2.36. The summed E-state index contributed by atoms with van der Waals surface area (Å²) in [6.45, 7) is 10.3. The van der Waals surface area contributed by atoms with Crippen LogP contribution >= 0.6 is 0 Å². The number of hydrogen-bond donors (Lipinski definition) is 1. The Morgan fingerprint density at radius 2 is 1.72 bits per heavy atom. The smallest absolute Gasteiger partial charge is 0.190 e. The fourth-order valence-corrected chi connectivity index (χ4v) is 3.29. The largest absolute Gasteiger partial charge is 0.386 e. The third-order valence-corrected chi connectivity index (χ3v) is 5.15. The molecular weight excluding hydrogens is 312 g/mol. The molecule has 1 aliphatic carbocycles. The molecule has 1 fully saturated rings. The Kier molecular flexibility index (Phi) is 6.59. The molecule has 138 valence electrons. The van der Waals surface area contributed by atoms with E-state index in [4.69, 9.17) is 4.74 Å². The van der Waals surface area contributed by atoms with Gasteiger partial charge in [-0.2, -0.15) is 0 Å². The first-order chi connectivity index (χ1) is 11.8. The highest BCUT2D eigenvalue weighted by atomic mass is 16.6. The Labute approximate surface area is 152 Å². The molecule has 0 amide bonds. The van der Waals surface area contributed by atoms with E-state index in [1.54, 1.807) is 6.92 Å². The molecule has 0 unspecified atom stereocenters. The molecule has 3 nitrogen and oxygen atoms in total. The number of ketones is 1. The summed E-state index contributed by atoms with van der Waals surface area (Å²) in [5.41, 5.74) is 3.98. The summed E-state index contributed by atoms with van der Waals surface area (Å²) in [6.07, 6.45) is 12.0. The average molecular weight is 344 g/mol. The minimum absolute atomic E-state index is 0.000590. The van der Waals surface area contributed by atoms with Gasteiger partial charge in [-0.1, -0.05) is 34.9 Å². The molecule has 3 heteroatoms. The highest BCUT2D eigenvalue weighted by molar-refractivity contribution is 6.02. The van der Waals surface area contributed by atoms with E-state index in [2.05, 4.69) is 45.9 Å². The normalized spacial score (nSPS) is 29.2.